The average Bonchev–Trinajstić information content (AvgIpc) is 2.40. The number of ether oxygens (including phenoxy) is 1. The molecule has 0 heterocycles. The minimum Gasteiger partial charge on any atom is -0.457 e. The maximum atomic E-state index is 10.4. The van der Waals surface area contributed by atoms with Gasteiger partial charge in [0.2, 0.25) is 0 Å². The second-order valence-corrected chi connectivity index (χ2v) is 3.57. The summed E-state index contributed by atoms with van der Waals surface area (Å²) in [5, 5.41) is 9.30. The Hall–Kier alpha value is -2.13. The summed E-state index contributed by atoms with van der Waals surface area (Å²) in [6, 6.07) is 16.2. The van der Waals surface area contributed by atoms with Crippen molar-refractivity contribution < 1.29 is 14.6 Å². The molecule has 86 valence electrons. The van der Waals surface area contributed by atoms with Gasteiger partial charge in [0, 0.05) is 0 Å². The van der Waals surface area contributed by atoms with Gasteiger partial charge in [0.1, 0.15) is 17.6 Å². The first-order chi connectivity index (χ1) is 8.29. The second-order valence-electron chi connectivity index (χ2n) is 3.57. The molecule has 0 saturated carbocycles. The summed E-state index contributed by atoms with van der Waals surface area (Å²) in [6.45, 7) is 0. The molecule has 2 rings (SSSR count). The number of benzene rings is 2. The van der Waals surface area contributed by atoms with E-state index in [9.17, 15) is 9.90 Å². The van der Waals surface area contributed by atoms with E-state index >= 15 is 0 Å². The number of aliphatic hydroxyl groups excluding tert-OH is 1. The lowest BCUT2D eigenvalue weighted by molar-refractivity contribution is -0.115. The second kappa shape index (κ2) is 5.27. The van der Waals surface area contributed by atoms with Gasteiger partial charge in [-0.25, -0.2) is 0 Å². The van der Waals surface area contributed by atoms with Gasteiger partial charge in [0.25, 0.3) is 0 Å². The summed E-state index contributed by atoms with van der Waals surface area (Å²) < 4.78 is 5.58. The molecule has 0 fully saturated rings. The fraction of sp³-hybridized carbons (Fsp3) is 0.0714. The van der Waals surface area contributed by atoms with Crippen LogP contribution in [0.1, 0.15) is 11.7 Å². The van der Waals surface area contributed by atoms with E-state index < -0.39 is 6.10 Å². The van der Waals surface area contributed by atoms with Crippen molar-refractivity contribution in [2.24, 2.45) is 0 Å². The Morgan fingerprint density at radius 3 is 2.12 bits per heavy atom. The largest absolute Gasteiger partial charge is 0.457 e. The molecule has 3 heteroatoms. The Kier molecular flexibility index (Phi) is 3.52. The fourth-order valence-corrected chi connectivity index (χ4v) is 1.44. The zero-order valence-electron chi connectivity index (χ0n) is 9.11. The van der Waals surface area contributed by atoms with Crippen LogP contribution in [0.3, 0.4) is 0 Å². The van der Waals surface area contributed by atoms with Crippen LogP contribution in [0.25, 0.3) is 0 Å². The van der Waals surface area contributed by atoms with E-state index in [1.807, 2.05) is 30.3 Å². The Bertz CT molecular complexity index is 477. The number of aliphatic hydroxyl groups is 1. The highest BCUT2D eigenvalue weighted by Crippen LogP contribution is 2.22. The molecule has 0 aliphatic rings. The summed E-state index contributed by atoms with van der Waals surface area (Å²) in [5.41, 5.74) is 0.556. The summed E-state index contributed by atoms with van der Waals surface area (Å²) in [5.74, 6) is 1.41. The van der Waals surface area contributed by atoms with Crippen LogP contribution < -0.4 is 4.74 Å². The smallest absolute Gasteiger partial charge is 0.153 e. The van der Waals surface area contributed by atoms with Crippen LogP contribution in [0.5, 0.6) is 11.5 Å². The maximum Gasteiger partial charge on any atom is 0.153 e. The molecule has 0 saturated heterocycles. The standard InChI is InChI=1S/C14H12O3/c15-10-14(16)11-6-8-13(9-7-11)17-12-4-2-1-3-5-12/h1-10,14,16H. The van der Waals surface area contributed by atoms with Crippen LogP contribution in [0.4, 0.5) is 0 Å². The lowest BCUT2D eigenvalue weighted by Gasteiger charge is -2.07. The first kappa shape index (κ1) is 11.4. The van der Waals surface area contributed by atoms with Crippen molar-refractivity contribution in [1.82, 2.24) is 0 Å². The van der Waals surface area contributed by atoms with Crippen LogP contribution >= 0.6 is 0 Å². The summed E-state index contributed by atoms with van der Waals surface area (Å²) in [6.07, 6.45) is -0.576. The first-order valence-corrected chi connectivity index (χ1v) is 5.26. The number of carbonyl (C=O) groups is 1. The molecule has 0 aliphatic heterocycles. The quantitative estimate of drug-likeness (QED) is 0.818. The van der Waals surface area contributed by atoms with Crippen molar-refractivity contribution in [3.8, 4) is 11.5 Å². The van der Waals surface area contributed by atoms with Gasteiger partial charge in [-0.2, -0.15) is 0 Å². The highest BCUT2D eigenvalue weighted by molar-refractivity contribution is 5.59. The van der Waals surface area contributed by atoms with Crippen molar-refractivity contribution in [3.63, 3.8) is 0 Å². The third-order valence-corrected chi connectivity index (χ3v) is 2.33. The molecule has 0 amide bonds. The first-order valence-electron chi connectivity index (χ1n) is 5.26. The van der Waals surface area contributed by atoms with Crippen molar-refractivity contribution in [3.05, 3.63) is 60.2 Å². The number of aldehydes is 1. The van der Waals surface area contributed by atoms with Crippen LogP contribution in [-0.4, -0.2) is 11.4 Å². The molecule has 1 unspecified atom stereocenters. The van der Waals surface area contributed by atoms with Gasteiger partial charge in [0.15, 0.2) is 6.29 Å². The molecule has 2 aromatic rings. The molecular formula is C14H12O3. The zero-order valence-corrected chi connectivity index (χ0v) is 9.11. The number of hydrogen-bond acceptors (Lipinski definition) is 3. The molecule has 17 heavy (non-hydrogen) atoms. The number of para-hydroxylation sites is 1. The molecule has 0 aliphatic carbocycles. The van der Waals surface area contributed by atoms with Crippen molar-refractivity contribution >= 4 is 6.29 Å². The van der Waals surface area contributed by atoms with Crippen LogP contribution in [0.2, 0.25) is 0 Å². The topological polar surface area (TPSA) is 46.5 Å². The Morgan fingerprint density at radius 2 is 1.53 bits per heavy atom. The highest BCUT2D eigenvalue weighted by Gasteiger charge is 2.05. The SMILES string of the molecule is O=CC(O)c1ccc(Oc2ccccc2)cc1. The molecular weight excluding hydrogens is 216 g/mol. The third kappa shape index (κ3) is 2.92. The van der Waals surface area contributed by atoms with E-state index in [2.05, 4.69) is 0 Å². The van der Waals surface area contributed by atoms with Crippen molar-refractivity contribution in [2.75, 3.05) is 0 Å². The summed E-state index contributed by atoms with van der Waals surface area (Å²) in [7, 11) is 0. The number of rotatable bonds is 4. The number of hydrogen-bond donors (Lipinski definition) is 1. The minimum atomic E-state index is -1.07. The van der Waals surface area contributed by atoms with E-state index in [-0.39, 0.29) is 0 Å². The van der Waals surface area contributed by atoms with Gasteiger partial charge < -0.3 is 14.6 Å². The fourth-order valence-electron chi connectivity index (χ4n) is 1.44. The zero-order chi connectivity index (χ0) is 12.1. The van der Waals surface area contributed by atoms with E-state index in [4.69, 9.17) is 4.74 Å². The Labute approximate surface area is 99.3 Å². The third-order valence-electron chi connectivity index (χ3n) is 2.33. The van der Waals surface area contributed by atoms with Gasteiger partial charge in [-0.05, 0) is 29.8 Å². The van der Waals surface area contributed by atoms with E-state index in [0.717, 1.165) is 5.75 Å². The van der Waals surface area contributed by atoms with Crippen molar-refractivity contribution in [1.29, 1.82) is 0 Å². The summed E-state index contributed by atoms with van der Waals surface area (Å²) in [4.78, 5) is 10.4. The van der Waals surface area contributed by atoms with Gasteiger partial charge in [-0.3, -0.25) is 0 Å². The van der Waals surface area contributed by atoms with Gasteiger partial charge >= 0.3 is 0 Å². The van der Waals surface area contributed by atoms with Crippen molar-refractivity contribution in [2.45, 2.75) is 6.10 Å². The van der Waals surface area contributed by atoms with E-state index in [1.165, 1.54) is 0 Å². The molecule has 0 aromatic heterocycles. The average molecular weight is 228 g/mol. The Balaban J connectivity index is 2.11. The predicted octanol–water partition coefficient (Wildman–Crippen LogP) is 2.71. The van der Waals surface area contributed by atoms with E-state index in [1.54, 1.807) is 24.3 Å². The number of carbonyl (C=O) groups excluding carboxylic acids is 1. The minimum absolute atomic E-state index is 0.493. The lowest BCUT2D eigenvalue weighted by Crippen LogP contribution is -1.97. The maximum absolute atomic E-state index is 10.4. The molecule has 1 N–H and O–H groups in total. The van der Waals surface area contributed by atoms with E-state index in [0.29, 0.717) is 17.6 Å². The molecule has 0 spiro atoms. The van der Waals surface area contributed by atoms with Crippen LogP contribution in [0.15, 0.2) is 54.6 Å². The van der Waals surface area contributed by atoms with Gasteiger partial charge in [-0.15, -0.1) is 0 Å². The molecule has 3 nitrogen and oxygen atoms in total. The summed E-state index contributed by atoms with van der Waals surface area (Å²) >= 11 is 0. The lowest BCUT2D eigenvalue weighted by atomic mass is 10.1. The van der Waals surface area contributed by atoms with Gasteiger partial charge in [0.05, 0.1) is 0 Å². The van der Waals surface area contributed by atoms with Crippen LogP contribution in [0, 0.1) is 0 Å². The van der Waals surface area contributed by atoms with Gasteiger partial charge in [-0.1, -0.05) is 30.3 Å². The highest BCUT2D eigenvalue weighted by atomic mass is 16.5. The molecule has 0 radical (unpaired) electrons. The predicted molar refractivity (Wildman–Crippen MR) is 64.0 cm³/mol. The molecule has 0 bridgehead atoms. The normalized spacial score (nSPS) is 11.8. The monoisotopic (exact) mass is 228 g/mol. The van der Waals surface area contributed by atoms with Crippen LogP contribution in [-0.2, 0) is 4.79 Å². The molecule has 1 atom stereocenters. The molecule has 2 aromatic carbocycles. The Morgan fingerprint density at radius 1 is 0.941 bits per heavy atom.